The summed E-state index contributed by atoms with van der Waals surface area (Å²) in [6.45, 7) is 4.09. The smallest absolute Gasteiger partial charge is 0.151 e. The maximum Gasteiger partial charge on any atom is 0.151 e. The van der Waals surface area contributed by atoms with Gasteiger partial charge in [-0.05, 0) is 43.2 Å². The first kappa shape index (κ1) is 15.2. The van der Waals surface area contributed by atoms with Crippen molar-refractivity contribution in [3.63, 3.8) is 0 Å². The van der Waals surface area contributed by atoms with Crippen molar-refractivity contribution in [2.45, 2.75) is 45.6 Å². The molecule has 0 bridgehead atoms. The van der Waals surface area contributed by atoms with E-state index in [-0.39, 0.29) is 0 Å². The molecule has 1 aromatic rings. The lowest BCUT2D eigenvalue weighted by Crippen LogP contribution is -2.25. The van der Waals surface area contributed by atoms with E-state index < -0.39 is 0 Å². The molecule has 0 aliphatic carbocycles. The molecule has 19 heavy (non-hydrogen) atoms. The molecule has 1 aliphatic rings. The highest BCUT2D eigenvalue weighted by Gasteiger charge is 2.14. The Bertz CT molecular complexity index is 375. The largest absolute Gasteiger partial charge is 0.344 e. The molecule has 0 atom stereocenters. The second-order valence-corrected chi connectivity index (χ2v) is 6.83. The minimum Gasteiger partial charge on any atom is -0.344 e. The van der Waals surface area contributed by atoms with Crippen molar-refractivity contribution in [1.29, 1.82) is 0 Å². The standard InChI is InChI=1S/C14H24ClN3S/c1-2-3-4-13-17-12(14(15)18-13)10-16-9-11-5-7-19-8-6-11/h11,16H,2-10H2,1H3,(H,17,18). The summed E-state index contributed by atoms with van der Waals surface area (Å²) in [5.41, 5.74) is 1.04. The monoisotopic (exact) mass is 301 g/mol. The van der Waals surface area contributed by atoms with E-state index in [1.54, 1.807) is 0 Å². The molecule has 1 saturated heterocycles. The van der Waals surface area contributed by atoms with Crippen LogP contribution in [0.4, 0.5) is 0 Å². The Balaban J connectivity index is 1.73. The molecule has 2 heterocycles. The normalized spacial score (nSPS) is 16.9. The average molecular weight is 302 g/mol. The van der Waals surface area contributed by atoms with Crippen molar-refractivity contribution in [2.75, 3.05) is 18.1 Å². The number of imidazole rings is 1. The van der Waals surface area contributed by atoms with E-state index in [1.165, 1.54) is 30.8 Å². The molecule has 2 N–H and O–H groups in total. The molecule has 0 spiro atoms. The molecule has 0 radical (unpaired) electrons. The zero-order chi connectivity index (χ0) is 13.5. The van der Waals surface area contributed by atoms with Gasteiger partial charge in [0, 0.05) is 13.0 Å². The molecular weight excluding hydrogens is 278 g/mol. The SMILES string of the molecule is CCCCc1nc(Cl)c(CNCC2CCSCC2)[nH]1. The number of halogens is 1. The number of hydrogen-bond acceptors (Lipinski definition) is 3. The number of nitrogens with zero attached hydrogens (tertiary/aromatic N) is 1. The lowest BCUT2D eigenvalue weighted by Gasteiger charge is -2.21. The second-order valence-electron chi connectivity index (χ2n) is 5.24. The van der Waals surface area contributed by atoms with Crippen LogP contribution < -0.4 is 5.32 Å². The summed E-state index contributed by atoms with van der Waals surface area (Å²) in [6, 6.07) is 0. The molecule has 1 aliphatic heterocycles. The number of aromatic amines is 1. The van der Waals surface area contributed by atoms with Gasteiger partial charge < -0.3 is 10.3 Å². The predicted octanol–water partition coefficient (Wildman–Crippen LogP) is 3.64. The third kappa shape index (κ3) is 5.01. The molecule has 1 aromatic heterocycles. The van der Waals surface area contributed by atoms with Crippen LogP contribution in [0.25, 0.3) is 0 Å². The highest BCUT2D eigenvalue weighted by Crippen LogP contribution is 2.22. The fourth-order valence-electron chi connectivity index (χ4n) is 2.37. The number of thioether (sulfide) groups is 1. The summed E-state index contributed by atoms with van der Waals surface area (Å²) < 4.78 is 0. The average Bonchev–Trinajstić information content (AvgIpc) is 2.78. The van der Waals surface area contributed by atoms with Gasteiger partial charge in [-0.15, -0.1) is 0 Å². The maximum absolute atomic E-state index is 6.16. The van der Waals surface area contributed by atoms with Crippen molar-refractivity contribution in [2.24, 2.45) is 5.92 Å². The van der Waals surface area contributed by atoms with E-state index in [4.69, 9.17) is 11.6 Å². The third-order valence-corrected chi connectivity index (χ3v) is 4.98. The summed E-state index contributed by atoms with van der Waals surface area (Å²) in [4.78, 5) is 7.72. The minimum atomic E-state index is 0.637. The molecule has 1 fully saturated rings. The van der Waals surface area contributed by atoms with Gasteiger partial charge in [-0.2, -0.15) is 11.8 Å². The molecular formula is C14H24ClN3S. The van der Waals surface area contributed by atoms with Gasteiger partial charge in [0.1, 0.15) is 5.82 Å². The molecule has 0 unspecified atom stereocenters. The molecule has 108 valence electrons. The Hall–Kier alpha value is -0.190. The first-order valence-corrected chi connectivity index (χ1v) is 8.84. The minimum absolute atomic E-state index is 0.637. The Kier molecular flexibility index (Phi) is 6.54. The maximum atomic E-state index is 6.16. The first-order chi connectivity index (χ1) is 9.29. The van der Waals surface area contributed by atoms with Crippen LogP contribution in [0.5, 0.6) is 0 Å². The number of unbranched alkanes of at least 4 members (excludes halogenated alkanes) is 1. The van der Waals surface area contributed by atoms with Gasteiger partial charge in [0.25, 0.3) is 0 Å². The van der Waals surface area contributed by atoms with Crippen LogP contribution >= 0.6 is 23.4 Å². The van der Waals surface area contributed by atoms with Crippen LogP contribution in [-0.2, 0) is 13.0 Å². The van der Waals surface area contributed by atoms with Gasteiger partial charge in [0.2, 0.25) is 0 Å². The fraction of sp³-hybridized carbons (Fsp3) is 0.786. The Morgan fingerprint density at radius 1 is 1.42 bits per heavy atom. The second kappa shape index (κ2) is 8.18. The molecule has 0 amide bonds. The zero-order valence-corrected chi connectivity index (χ0v) is 13.2. The summed E-state index contributed by atoms with van der Waals surface area (Å²) in [5, 5.41) is 4.15. The topological polar surface area (TPSA) is 40.7 Å². The molecule has 2 rings (SSSR count). The molecule has 5 heteroatoms. The van der Waals surface area contributed by atoms with Gasteiger partial charge in [0.15, 0.2) is 5.15 Å². The van der Waals surface area contributed by atoms with E-state index in [0.29, 0.717) is 5.15 Å². The number of aryl methyl sites for hydroxylation is 1. The summed E-state index contributed by atoms with van der Waals surface area (Å²) >= 11 is 8.24. The summed E-state index contributed by atoms with van der Waals surface area (Å²) in [5.74, 6) is 4.50. The number of hydrogen-bond donors (Lipinski definition) is 2. The van der Waals surface area contributed by atoms with Crippen LogP contribution in [0.2, 0.25) is 5.15 Å². The third-order valence-electron chi connectivity index (χ3n) is 3.62. The summed E-state index contributed by atoms with van der Waals surface area (Å²) in [7, 11) is 0. The van der Waals surface area contributed by atoms with Crippen LogP contribution in [0.15, 0.2) is 0 Å². The van der Waals surface area contributed by atoms with Crippen molar-refractivity contribution in [3.05, 3.63) is 16.7 Å². The van der Waals surface area contributed by atoms with Crippen molar-refractivity contribution in [3.8, 4) is 0 Å². The highest BCUT2D eigenvalue weighted by atomic mass is 35.5. The lowest BCUT2D eigenvalue weighted by atomic mass is 10.0. The van der Waals surface area contributed by atoms with Crippen LogP contribution in [0.3, 0.4) is 0 Å². The van der Waals surface area contributed by atoms with Crippen LogP contribution in [-0.4, -0.2) is 28.0 Å². The lowest BCUT2D eigenvalue weighted by molar-refractivity contribution is 0.446. The fourth-order valence-corrected chi connectivity index (χ4v) is 3.79. The Morgan fingerprint density at radius 2 is 2.21 bits per heavy atom. The van der Waals surface area contributed by atoms with E-state index in [1.807, 2.05) is 0 Å². The first-order valence-electron chi connectivity index (χ1n) is 7.31. The molecule has 3 nitrogen and oxygen atoms in total. The quantitative estimate of drug-likeness (QED) is 0.808. The highest BCUT2D eigenvalue weighted by molar-refractivity contribution is 7.99. The van der Waals surface area contributed by atoms with Gasteiger partial charge in [-0.1, -0.05) is 24.9 Å². The molecule has 0 aromatic carbocycles. The van der Waals surface area contributed by atoms with Crippen LogP contribution in [0, 0.1) is 5.92 Å². The van der Waals surface area contributed by atoms with Crippen molar-refractivity contribution >= 4 is 23.4 Å². The van der Waals surface area contributed by atoms with Gasteiger partial charge in [0.05, 0.1) is 5.69 Å². The number of H-pyrrole nitrogens is 1. The van der Waals surface area contributed by atoms with Crippen molar-refractivity contribution < 1.29 is 0 Å². The van der Waals surface area contributed by atoms with Gasteiger partial charge in [-0.3, -0.25) is 0 Å². The van der Waals surface area contributed by atoms with Crippen LogP contribution in [0.1, 0.15) is 44.1 Å². The molecule has 0 saturated carbocycles. The Labute approximate surface area is 125 Å². The van der Waals surface area contributed by atoms with Gasteiger partial charge in [-0.25, -0.2) is 4.98 Å². The zero-order valence-electron chi connectivity index (χ0n) is 11.7. The number of rotatable bonds is 7. The van der Waals surface area contributed by atoms with E-state index in [0.717, 1.165) is 43.4 Å². The van der Waals surface area contributed by atoms with E-state index in [9.17, 15) is 0 Å². The van der Waals surface area contributed by atoms with E-state index >= 15 is 0 Å². The van der Waals surface area contributed by atoms with E-state index in [2.05, 4.69) is 34.0 Å². The van der Waals surface area contributed by atoms with Gasteiger partial charge >= 0.3 is 0 Å². The number of aromatic nitrogens is 2. The summed E-state index contributed by atoms with van der Waals surface area (Å²) in [6.07, 6.45) is 6.03. The Morgan fingerprint density at radius 3 is 2.95 bits per heavy atom. The predicted molar refractivity (Wildman–Crippen MR) is 84.0 cm³/mol. The number of nitrogens with one attached hydrogen (secondary N) is 2. The van der Waals surface area contributed by atoms with Crippen molar-refractivity contribution in [1.82, 2.24) is 15.3 Å².